The van der Waals surface area contributed by atoms with Gasteiger partial charge in [-0.25, -0.2) is 0 Å². The van der Waals surface area contributed by atoms with Gasteiger partial charge in [0, 0.05) is 18.0 Å². The average molecular weight is 268 g/mol. The van der Waals surface area contributed by atoms with E-state index >= 15 is 0 Å². The highest BCUT2D eigenvalue weighted by Crippen LogP contribution is 2.24. The zero-order valence-electron chi connectivity index (χ0n) is 8.92. The third-order valence-electron chi connectivity index (χ3n) is 2.27. The van der Waals surface area contributed by atoms with Crippen LogP contribution in [0.25, 0.3) is 0 Å². The summed E-state index contributed by atoms with van der Waals surface area (Å²) in [4.78, 5) is 15.9. The van der Waals surface area contributed by atoms with Gasteiger partial charge in [-0.05, 0) is 17.7 Å². The van der Waals surface area contributed by atoms with Gasteiger partial charge in [0.15, 0.2) is 5.78 Å². The first-order chi connectivity index (χ1) is 7.79. The van der Waals surface area contributed by atoms with E-state index in [0.29, 0.717) is 5.56 Å². The molecule has 0 amide bonds. The molecule has 2 nitrogen and oxygen atoms in total. The summed E-state index contributed by atoms with van der Waals surface area (Å²) in [5.74, 6) is -0.124. The third-order valence-corrected chi connectivity index (χ3v) is 2.72. The smallest absolute Gasteiger partial charge is 0.186 e. The molecule has 1 aromatic carbocycles. The van der Waals surface area contributed by atoms with Crippen molar-refractivity contribution in [1.82, 2.24) is 4.98 Å². The molecule has 0 saturated carbocycles. The lowest BCUT2D eigenvalue weighted by atomic mass is 10.0. The summed E-state index contributed by atoms with van der Waals surface area (Å²) < 4.78 is 0. The van der Waals surface area contributed by atoms with Crippen LogP contribution >= 0.6 is 24.0 Å². The summed E-state index contributed by atoms with van der Waals surface area (Å²) in [5, 5.41) is -0.648. The van der Waals surface area contributed by atoms with Crippen molar-refractivity contribution in [3.8, 4) is 0 Å². The minimum Gasteiger partial charge on any atom is -0.292 e. The fourth-order valence-electron chi connectivity index (χ4n) is 1.43. The molecule has 0 radical (unpaired) electrons. The summed E-state index contributed by atoms with van der Waals surface area (Å²) in [7, 11) is 0. The Balaban J connectivity index is 0.00000144. The van der Waals surface area contributed by atoms with Gasteiger partial charge in [0.25, 0.3) is 0 Å². The Hall–Kier alpha value is -1.38. The molecule has 1 aromatic heterocycles. The van der Waals surface area contributed by atoms with Crippen LogP contribution in [0.4, 0.5) is 0 Å². The van der Waals surface area contributed by atoms with Crippen LogP contribution in [-0.4, -0.2) is 10.8 Å². The van der Waals surface area contributed by atoms with E-state index in [4.69, 9.17) is 11.6 Å². The van der Waals surface area contributed by atoms with Crippen LogP contribution in [0.15, 0.2) is 54.9 Å². The zero-order valence-corrected chi connectivity index (χ0v) is 10.5. The maximum Gasteiger partial charge on any atom is 0.186 e. The summed E-state index contributed by atoms with van der Waals surface area (Å²) in [6.45, 7) is 0. The van der Waals surface area contributed by atoms with Gasteiger partial charge in [-0.3, -0.25) is 9.78 Å². The van der Waals surface area contributed by atoms with E-state index in [1.54, 1.807) is 18.3 Å². The lowest BCUT2D eigenvalue weighted by Crippen LogP contribution is -2.07. The summed E-state index contributed by atoms with van der Waals surface area (Å²) >= 11 is 6.11. The summed E-state index contributed by atoms with van der Waals surface area (Å²) in [5.41, 5.74) is 1.34. The molecule has 0 bridgehead atoms. The number of rotatable bonds is 3. The second kappa shape index (κ2) is 6.38. The monoisotopic (exact) mass is 267 g/mol. The van der Waals surface area contributed by atoms with E-state index in [-0.39, 0.29) is 18.2 Å². The van der Waals surface area contributed by atoms with E-state index < -0.39 is 5.38 Å². The van der Waals surface area contributed by atoms with Crippen LogP contribution in [0, 0.1) is 0 Å². The van der Waals surface area contributed by atoms with Gasteiger partial charge in [0.2, 0.25) is 0 Å². The van der Waals surface area contributed by atoms with Crippen molar-refractivity contribution in [2.75, 3.05) is 0 Å². The number of hydrogen-bond donors (Lipinski definition) is 0. The predicted molar refractivity (Wildman–Crippen MR) is 70.9 cm³/mol. The number of pyridine rings is 1. The van der Waals surface area contributed by atoms with Crippen molar-refractivity contribution in [3.63, 3.8) is 0 Å². The van der Waals surface area contributed by atoms with Gasteiger partial charge in [0.05, 0.1) is 0 Å². The number of carbonyl (C=O) groups is 1. The van der Waals surface area contributed by atoms with Crippen LogP contribution in [0.5, 0.6) is 0 Å². The van der Waals surface area contributed by atoms with Crippen molar-refractivity contribution in [2.45, 2.75) is 5.38 Å². The third kappa shape index (κ3) is 3.29. The molecule has 2 rings (SSSR count). The second-order valence-electron chi connectivity index (χ2n) is 3.38. The molecule has 4 heteroatoms. The average Bonchev–Trinajstić information content (AvgIpc) is 2.39. The SMILES string of the molecule is Cl.O=C(c1cccnc1)C(Cl)c1ccccc1. The van der Waals surface area contributed by atoms with Crippen LogP contribution in [-0.2, 0) is 0 Å². The largest absolute Gasteiger partial charge is 0.292 e. The molecule has 0 fully saturated rings. The lowest BCUT2D eigenvalue weighted by Gasteiger charge is -2.08. The predicted octanol–water partition coefficient (Wildman–Crippen LogP) is 3.67. The van der Waals surface area contributed by atoms with E-state index in [9.17, 15) is 4.79 Å². The Labute approximate surface area is 111 Å². The van der Waals surface area contributed by atoms with Gasteiger partial charge in [-0.1, -0.05) is 30.3 Å². The fourth-order valence-corrected chi connectivity index (χ4v) is 1.70. The molecule has 2 aromatic rings. The Morgan fingerprint density at radius 3 is 2.41 bits per heavy atom. The first-order valence-electron chi connectivity index (χ1n) is 4.92. The van der Waals surface area contributed by atoms with Crippen LogP contribution < -0.4 is 0 Å². The molecule has 0 aliphatic heterocycles. The maximum absolute atomic E-state index is 12.0. The quantitative estimate of drug-likeness (QED) is 0.628. The Kier molecular flexibility index (Phi) is 5.13. The first kappa shape index (κ1) is 13.7. The molecular weight excluding hydrogens is 257 g/mol. The van der Waals surface area contributed by atoms with Crippen LogP contribution in [0.1, 0.15) is 21.3 Å². The van der Waals surface area contributed by atoms with Gasteiger partial charge < -0.3 is 0 Å². The number of hydrogen-bond acceptors (Lipinski definition) is 2. The van der Waals surface area contributed by atoms with Crippen molar-refractivity contribution in [2.24, 2.45) is 0 Å². The number of nitrogens with zero attached hydrogens (tertiary/aromatic N) is 1. The van der Waals surface area contributed by atoms with Crippen molar-refractivity contribution in [1.29, 1.82) is 0 Å². The van der Waals surface area contributed by atoms with E-state index in [2.05, 4.69) is 4.98 Å². The molecule has 1 atom stereocenters. The highest BCUT2D eigenvalue weighted by molar-refractivity contribution is 6.33. The van der Waals surface area contributed by atoms with Crippen LogP contribution in [0.3, 0.4) is 0 Å². The zero-order chi connectivity index (χ0) is 11.4. The molecule has 17 heavy (non-hydrogen) atoms. The number of aromatic nitrogens is 1. The topological polar surface area (TPSA) is 30.0 Å². The van der Waals surface area contributed by atoms with Gasteiger partial charge in [0.1, 0.15) is 5.38 Å². The van der Waals surface area contributed by atoms with Crippen LogP contribution in [0.2, 0.25) is 0 Å². The Morgan fingerprint density at radius 2 is 1.82 bits per heavy atom. The van der Waals surface area contributed by atoms with E-state index in [1.165, 1.54) is 6.20 Å². The summed E-state index contributed by atoms with van der Waals surface area (Å²) in [6.07, 6.45) is 3.16. The van der Waals surface area contributed by atoms with Crippen molar-refractivity contribution in [3.05, 3.63) is 66.0 Å². The summed E-state index contributed by atoms with van der Waals surface area (Å²) in [6, 6.07) is 12.7. The Bertz CT molecular complexity index is 473. The standard InChI is InChI=1S/C13H10ClNO.ClH/c14-12(10-5-2-1-3-6-10)13(16)11-7-4-8-15-9-11;/h1-9,12H;1H. The molecule has 0 aliphatic carbocycles. The van der Waals surface area contributed by atoms with Gasteiger partial charge >= 0.3 is 0 Å². The lowest BCUT2D eigenvalue weighted by molar-refractivity contribution is 0.0987. The van der Waals surface area contributed by atoms with Gasteiger partial charge in [-0.2, -0.15) is 0 Å². The molecule has 0 N–H and O–H groups in total. The molecular formula is C13H11Cl2NO. The molecule has 0 saturated heterocycles. The molecule has 0 aliphatic rings. The number of ketones is 1. The number of carbonyl (C=O) groups excluding carboxylic acids is 1. The fraction of sp³-hybridized carbons (Fsp3) is 0.0769. The van der Waals surface area contributed by atoms with Crippen molar-refractivity contribution >= 4 is 29.8 Å². The number of Topliss-reactive ketones (excluding diaryl/α,β-unsaturated/α-hetero) is 1. The van der Waals surface area contributed by atoms with Crippen molar-refractivity contribution < 1.29 is 4.79 Å². The minimum atomic E-state index is -0.648. The highest BCUT2D eigenvalue weighted by Gasteiger charge is 2.18. The molecule has 1 heterocycles. The first-order valence-corrected chi connectivity index (χ1v) is 5.36. The molecule has 88 valence electrons. The minimum absolute atomic E-state index is 0. The Morgan fingerprint density at radius 1 is 1.12 bits per heavy atom. The molecule has 1 unspecified atom stereocenters. The normalized spacial score (nSPS) is 11.4. The number of alkyl halides is 1. The van der Waals surface area contributed by atoms with E-state index in [1.807, 2.05) is 30.3 Å². The maximum atomic E-state index is 12.0. The second-order valence-corrected chi connectivity index (χ2v) is 3.82. The van der Waals surface area contributed by atoms with E-state index in [0.717, 1.165) is 5.56 Å². The highest BCUT2D eigenvalue weighted by atomic mass is 35.5. The number of benzene rings is 1. The molecule has 0 spiro atoms. The number of halogens is 2. The van der Waals surface area contributed by atoms with Gasteiger partial charge in [-0.15, -0.1) is 24.0 Å².